The van der Waals surface area contributed by atoms with Gasteiger partial charge < -0.3 is 25.2 Å². The lowest BCUT2D eigenvalue weighted by molar-refractivity contribution is 0.0664. The topological polar surface area (TPSA) is 121 Å². The van der Waals surface area contributed by atoms with Crippen LogP contribution in [-0.4, -0.2) is 87.9 Å². The quantitative estimate of drug-likeness (QED) is 0.637. The predicted molar refractivity (Wildman–Crippen MR) is 138 cm³/mol. The number of benzene rings is 1. The van der Waals surface area contributed by atoms with Crippen LogP contribution in [0, 0.1) is 5.92 Å². The molecule has 1 amide bonds. The van der Waals surface area contributed by atoms with E-state index in [0.29, 0.717) is 29.0 Å². The molecule has 1 aromatic heterocycles. The second kappa shape index (κ2) is 10.1. The molecule has 2 fully saturated rings. The zero-order valence-electron chi connectivity index (χ0n) is 20.5. The SMILES string of the molecule is CN1CCN(C(=O)c2ccnc(N3CCC[C@H](COc4cccc5c4C(N)=NS(=O)(=O)C5)C3)c2)CC1. The van der Waals surface area contributed by atoms with Gasteiger partial charge in [-0.3, -0.25) is 4.79 Å². The summed E-state index contributed by atoms with van der Waals surface area (Å²) in [5, 5.41) is 0. The highest BCUT2D eigenvalue weighted by molar-refractivity contribution is 7.89. The standard InChI is InChI=1S/C25H32N6O4S/c1-29-10-12-30(13-11-29)25(32)19-7-8-27-22(14-19)31-9-3-4-18(15-31)16-35-21-6-2-5-20-17-36(33,34)28-24(26)23(20)21/h2,5-8,14,18H,3-4,9-13,15-17H2,1H3,(H2,26,28)/t18-/m0/s1. The number of amidine groups is 1. The molecular weight excluding hydrogens is 480 g/mol. The third-order valence-corrected chi connectivity index (χ3v) is 8.20. The van der Waals surface area contributed by atoms with E-state index in [2.05, 4.69) is 26.2 Å². The lowest BCUT2D eigenvalue weighted by atomic mass is 9.98. The van der Waals surface area contributed by atoms with Crippen molar-refractivity contribution in [2.75, 3.05) is 57.8 Å². The van der Waals surface area contributed by atoms with E-state index < -0.39 is 10.0 Å². The number of hydrogen-bond acceptors (Lipinski definition) is 8. The minimum absolute atomic E-state index is 0.0249. The first kappa shape index (κ1) is 24.5. The molecule has 2 saturated heterocycles. The monoisotopic (exact) mass is 512 g/mol. The molecule has 0 radical (unpaired) electrons. The number of likely N-dealkylation sites (N-methyl/N-ethyl adjacent to an activating group) is 1. The Labute approximate surface area is 211 Å². The Morgan fingerprint density at radius 3 is 2.78 bits per heavy atom. The van der Waals surface area contributed by atoms with E-state index in [1.54, 1.807) is 30.5 Å². The van der Waals surface area contributed by atoms with Crippen LogP contribution in [0.1, 0.15) is 34.3 Å². The number of carbonyl (C=O) groups is 1. The van der Waals surface area contributed by atoms with Crippen LogP contribution in [0.15, 0.2) is 40.9 Å². The maximum Gasteiger partial charge on any atom is 0.259 e. The number of pyridine rings is 1. The zero-order chi connectivity index (χ0) is 25.3. The number of aromatic nitrogens is 1. The Balaban J connectivity index is 1.24. The molecule has 4 heterocycles. The van der Waals surface area contributed by atoms with Gasteiger partial charge in [0.1, 0.15) is 17.4 Å². The molecule has 11 heteroatoms. The number of amides is 1. The molecule has 1 aromatic carbocycles. The predicted octanol–water partition coefficient (Wildman–Crippen LogP) is 1.31. The van der Waals surface area contributed by atoms with Gasteiger partial charge in [-0.2, -0.15) is 0 Å². The smallest absolute Gasteiger partial charge is 0.259 e. The fraction of sp³-hybridized carbons (Fsp3) is 0.480. The van der Waals surface area contributed by atoms with E-state index in [1.807, 2.05) is 11.0 Å². The molecule has 3 aliphatic rings. The van der Waals surface area contributed by atoms with E-state index in [4.69, 9.17) is 10.5 Å². The second-order valence-corrected chi connectivity index (χ2v) is 11.4. The number of piperidine rings is 1. The van der Waals surface area contributed by atoms with Gasteiger partial charge in [0.05, 0.1) is 17.9 Å². The van der Waals surface area contributed by atoms with Gasteiger partial charge in [-0.25, -0.2) is 13.4 Å². The van der Waals surface area contributed by atoms with Crippen LogP contribution in [0.3, 0.4) is 0 Å². The summed E-state index contributed by atoms with van der Waals surface area (Å²) in [4.78, 5) is 23.9. The van der Waals surface area contributed by atoms with Crippen LogP contribution >= 0.6 is 0 Å². The van der Waals surface area contributed by atoms with Crippen LogP contribution in [-0.2, 0) is 15.8 Å². The number of carbonyl (C=O) groups excluding carboxylic acids is 1. The summed E-state index contributed by atoms with van der Waals surface area (Å²) in [5.74, 6) is 1.46. The van der Waals surface area contributed by atoms with E-state index in [9.17, 15) is 13.2 Å². The minimum atomic E-state index is -3.59. The van der Waals surface area contributed by atoms with Gasteiger partial charge in [0.2, 0.25) is 0 Å². The normalized spacial score (nSPS) is 22.0. The maximum absolute atomic E-state index is 13.0. The Bertz CT molecular complexity index is 1270. The molecular formula is C25H32N6O4S. The van der Waals surface area contributed by atoms with E-state index in [0.717, 1.165) is 57.9 Å². The largest absolute Gasteiger partial charge is 0.492 e. The third kappa shape index (κ3) is 5.31. The summed E-state index contributed by atoms with van der Waals surface area (Å²) in [6, 6.07) is 9.01. The average Bonchev–Trinajstić information content (AvgIpc) is 2.87. The number of piperazine rings is 1. The van der Waals surface area contributed by atoms with Crippen LogP contribution in [0.2, 0.25) is 0 Å². The van der Waals surface area contributed by atoms with Crippen molar-refractivity contribution in [1.29, 1.82) is 0 Å². The van der Waals surface area contributed by atoms with Crippen molar-refractivity contribution >= 4 is 27.6 Å². The van der Waals surface area contributed by atoms with Crippen LogP contribution < -0.4 is 15.4 Å². The highest BCUT2D eigenvalue weighted by atomic mass is 32.2. The number of sulfonamides is 1. The summed E-state index contributed by atoms with van der Waals surface area (Å²) in [7, 11) is -1.52. The highest BCUT2D eigenvalue weighted by Gasteiger charge is 2.27. The lowest BCUT2D eigenvalue weighted by Gasteiger charge is -2.34. The maximum atomic E-state index is 13.0. The molecule has 3 aliphatic heterocycles. The van der Waals surface area contributed by atoms with Crippen molar-refractivity contribution in [3.05, 3.63) is 53.2 Å². The Hall–Kier alpha value is -3.18. The zero-order valence-corrected chi connectivity index (χ0v) is 21.3. The molecule has 0 saturated carbocycles. The van der Waals surface area contributed by atoms with E-state index in [1.165, 1.54) is 0 Å². The molecule has 5 rings (SSSR count). The number of fused-ring (bicyclic) bond motifs is 1. The van der Waals surface area contributed by atoms with Gasteiger partial charge in [-0.1, -0.05) is 12.1 Å². The fourth-order valence-electron chi connectivity index (χ4n) is 5.07. The van der Waals surface area contributed by atoms with Crippen LogP contribution in [0.5, 0.6) is 5.75 Å². The van der Waals surface area contributed by atoms with Crippen molar-refractivity contribution in [1.82, 2.24) is 14.8 Å². The number of nitrogens with two attached hydrogens (primary N) is 1. The number of ether oxygens (including phenoxy) is 1. The molecule has 192 valence electrons. The minimum Gasteiger partial charge on any atom is -0.492 e. The average molecular weight is 513 g/mol. The first-order chi connectivity index (χ1) is 17.3. The van der Waals surface area contributed by atoms with Crippen LogP contribution in [0.4, 0.5) is 5.82 Å². The van der Waals surface area contributed by atoms with E-state index >= 15 is 0 Å². The molecule has 0 bridgehead atoms. The summed E-state index contributed by atoms with van der Waals surface area (Å²) in [5.41, 5.74) is 7.81. The summed E-state index contributed by atoms with van der Waals surface area (Å²) >= 11 is 0. The van der Waals surface area contributed by atoms with Gasteiger partial charge in [0.15, 0.2) is 0 Å². The number of anilines is 1. The molecule has 0 spiro atoms. The molecule has 2 N–H and O–H groups in total. The third-order valence-electron chi connectivity index (χ3n) is 7.04. The molecule has 1 atom stereocenters. The molecule has 2 aromatic rings. The molecule has 0 unspecified atom stereocenters. The lowest BCUT2D eigenvalue weighted by Crippen LogP contribution is -2.47. The molecule has 10 nitrogen and oxygen atoms in total. The summed E-state index contributed by atoms with van der Waals surface area (Å²) < 4.78 is 33.7. The van der Waals surface area contributed by atoms with E-state index in [-0.39, 0.29) is 23.4 Å². The highest BCUT2D eigenvalue weighted by Crippen LogP contribution is 2.30. The second-order valence-electron chi connectivity index (χ2n) is 9.76. The van der Waals surface area contributed by atoms with Crippen molar-refractivity contribution in [2.45, 2.75) is 18.6 Å². The van der Waals surface area contributed by atoms with Gasteiger partial charge in [-0.15, -0.1) is 4.40 Å². The van der Waals surface area contributed by atoms with Crippen LogP contribution in [0.25, 0.3) is 0 Å². The fourth-order valence-corrected chi connectivity index (χ4v) is 6.15. The summed E-state index contributed by atoms with van der Waals surface area (Å²) in [6.45, 7) is 5.33. The first-order valence-corrected chi connectivity index (χ1v) is 13.9. The number of nitrogens with zero attached hydrogens (tertiary/aromatic N) is 5. The van der Waals surface area contributed by atoms with Gasteiger partial charge in [-0.05, 0) is 43.7 Å². The summed E-state index contributed by atoms with van der Waals surface area (Å²) in [6.07, 6.45) is 3.70. The Kier molecular flexibility index (Phi) is 6.85. The van der Waals surface area contributed by atoms with Crippen molar-refractivity contribution in [3.8, 4) is 5.75 Å². The Morgan fingerprint density at radius 2 is 1.97 bits per heavy atom. The number of hydrogen-bond donors (Lipinski definition) is 1. The van der Waals surface area contributed by atoms with Crippen molar-refractivity contribution < 1.29 is 17.9 Å². The van der Waals surface area contributed by atoms with Crippen molar-refractivity contribution in [2.24, 2.45) is 16.0 Å². The Morgan fingerprint density at radius 1 is 1.17 bits per heavy atom. The van der Waals surface area contributed by atoms with Gasteiger partial charge >= 0.3 is 0 Å². The number of rotatable bonds is 5. The first-order valence-electron chi connectivity index (χ1n) is 12.3. The van der Waals surface area contributed by atoms with Gasteiger partial charge in [0, 0.05) is 56.9 Å². The van der Waals surface area contributed by atoms with Crippen molar-refractivity contribution in [3.63, 3.8) is 0 Å². The molecule has 0 aliphatic carbocycles. The van der Waals surface area contributed by atoms with Gasteiger partial charge in [0.25, 0.3) is 15.9 Å². The molecule has 36 heavy (non-hydrogen) atoms.